The van der Waals surface area contributed by atoms with Crippen LogP contribution in [0.5, 0.6) is 0 Å². The lowest BCUT2D eigenvalue weighted by molar-refractivity contribution is 0.249. The van der Waals surface area contributed by atoms with Crippen molar-refractivity contribution >= 4 is 40.4 Å². The van der Waals surface area contributed by atoms with Crippen molar-refractivity contribution in [3.05, 3.63) is 60.7 Å². The summed E-state index contributed by atoms with van der Waals surface area (Å²) < 4.78 is 0. The number of nitrogens with zero attached hydrogens (tertiary/aromatic N) is 2. The summed E-state index contributed by atoms with van der Waals surface area (Å²) in [6.07, 6.45) is 0.646. The van der Waals surface area contributed by atoms with Crippen molar-refractivity contribution in [1.82, 2.24) is 10.3 Å². The summed E-state index contributed by atoms with van der Waals surface area (Å²) >= 11 is 6.71. The van der Waals surface area contributed by atoms with Gasteiger partial charge >= 0.3 is 6.03 Å². The number of thiazole rings is 1. The Kier molecular flexibility index (Phi) is 4.29. The summed E-state index contributed by atoms with van der Waals surface area (Å²) in [5, 5.41) is 3.64. The third kappa shape index (κ3) is 3.18. The molecule has 2 aromatic carbocycles. The van der Waals surface area contributed by atoms with Crippen molar-refractivity contribution in [2.45, 2.75) is 6.42 Å². The number of rotatable bonds is 3. The van der Waals surface area contributed by atoms with Crippen LogP contribution in [-0.4, -0.2) is 22.5 Å². The molecule has 0 saturated carbocycles. The van der Waals surface area contributed by atoms with Gasteiger partial charge in [-0.05, 0) is 5.56 Å². The van der Waals surface area contributed by atoms with Gasteiger partial charge in [-0.15, -0.1) is 11.3 Å². The zero-order valence-corrected chi connectivity index (χ0v) is 14.9. The van der Waals surface area contributed by atoms with Crippen LogP contribution in [0.2, 0.25) is 0 Å². The minimum absolute atomic E-state index is 0.210. The first-order valence-corrected chi connectivity index (χ1v) is 9.18. The maximum Gasteiger partial charge on any atom is 0.327 e. The fraction of sp³-hybridized carbons (Fsp3) is 0.105. The van der Waals surface area contributed by atoms with Gasteiger partial charge in [0, 0.05) is 18.5 Å². The second kappa shape index (κ2) is 6.74. The van der Waals surface area contributed by atoms with E-state index in [4.69, 9.17) is 17.2 Å². The zero-order valence-electron chi connectivity index (χ0n) is 13.3. The third-order valence-electron chi connectivity index (χ3n) is 3.98. The number of hydrogen-bond acceptors (Lipinski definition) is 4. The van der Waals surface area contributed by atoms with E-state index in [1.165, 1.54) is 0 Å². The summed E-state index contributed by atoms with van der Waals surface area (Å²) in [7, 11) is 0. The molecular formula is C19H15N3OS2. The lowest BCUT2D eigenvalue weighted by Gasteiger charge is -2.26. The molecule has 0 atom stereocenters. The number of benzene rings is 2. The monoisotopic (exact) mass is 365 g/mol. The van der Waals surface area contributed by atoms with Crippen LogP contribution in [0.15, 0.2) is 60.7 Å². The highest BCUT2D eigenvalue weighted by Crippen LogP contribution is 2.40. The van der Waals surface area contributed by atoms with Gasteiger partial charge < -0.3 is 5.32 Å². The van der Waals surface area contributed by atoms with E-state index in [9.17, 15) is 4.79 Å². The van der Waals surface area contributed by atoms with Gasteiger partial charge in [-0.2, -0.15) is 0 Å². The van der Waals surface area contributed by atoms with Crippen molar-refractivity contribution in [3.63, 3.8) is 0 Å². The van der Waals surface area contributed by atoms with Crippen molar-refractivity contribution in [3.8, 4) is 21.0 Å². The minimum Gasteiger partial charge on any atom is -0.302 e. The lowest BCUT2D eigenvalue weighted by atomic mass is 10.2. The van der Waals surface area contributed by atoms with Gasteiger partial charge in [0.2, 0.25) is 0 Å². The van der Waals surface area contributed by atoms with Gasteiger partial charge in [0.1, 0.15) is 5.01 Å². The maximum atomic E-state index is 12.4. The second-order valence-corrected chi connectivity index (χ2v) is 7.15. The predicted molar refractivity (Wildman–Crippen MR) is 106 cm³/mol. The van der Waals surface area contributed by atoms with E-state index in [0.717, 1.165) is 21.0 Å². The summed E-state index contributed by atoms with van der Waals surface area (Å²) in [6, 6.07) is 19.9. The first-order chi connectivity index (χ1) is 12.2. The van der Waals surface area contributed by atoms with E-state index in [0.29, 0.717) is 23.8 Å². The van der Waals surface area contributed by atoms with Gasteiger partial charge in [-0.3, -0.25) is 4.90 Å². The van der Waals surface area contributed by atoms with Crippen LogP contribution in [-0.2, 0) is 0 Å². The average Bonchev–Trinajstić information content (AvgIpc) is 3.08. The number of carbonyl (C=O) groups excluding carboxylic acids is 1. The van der Waals surface area contributed by atoms with Crippen LogP contribution in [0.1, 0.15) is 6.42 Å². The summed E-state index contributed by atoms with van der Waals surface area (Å²) in [5.41, 5.74) is 2.10. The van der Waals surface area contributed by atoms with Crippen LogP contribution in [0, 0.1) is 0 Å². The average molecular weight is 365 g/mol. The lowest BCUT2D eigenvalue weighted by Crippen LogP contribution is -2.49. The number of anilines is 1. The molecule has 4 rings (SSSR count). The number of amides is 2. The Hall–Kier alpha value is -2.57. The molecule has 4 nitrogen and oxygen atoms in total. The summed E-state index contributed by atoms with van der Waals surface area (Å²) in [6.45, 7) is 0.544. The Morgan fingerprint density at radius 3 is 2.28 bits per heavy atom. The molecule has 1 aliphatic rings. The molecule has 0 spiro atoms. The molecule has 6 heteroatoms. The fourth-order valence-electron chi connectivity index (χ4n) is 2.74. The van der Waals surface area contributed by atoms with Crippen molar-refractivity contribution < 1.29 is 4.79 Å². The first-order valence-electron chi connectivity index (χ1n) is 7.95. The van der Waals surface area contributed by atoms with Crippen LogP contribution >= 0.6 is 23.6 Å². The van der Waals surface area contributed by atoms with Crippen LogP contribution in [0.4, 0.5) is 10.6 Å². The Balaban J connectivity index is 1.83. The van der Waals surface area contributed by atoms with Gasteiger partial charge in [-0.1, -0.05) is 72.9 Å². The molecule has 25 heavy (non-hydrogen) atoms. The molecule has 0 unspecified atom stereocenters. The Bertz CT molecular complexity index is 922. The molecule has 1 fully saturated rings. The molecule has 124 valence electrons. The molecule has 1 aromatic heterocycles. The Labute approximate surface area is 155 Å². The maximum absolute atomic E-state index is 12.4. The van der Waals surface area contributed by atoms with Crippen LogP contribution in [0.25, 0.3) is 21.0 Å². The summed E-state index contributed by atoms with van der Waals surface area (Å²) in [5.74, 6) is 0.690. The van der Waals surface area contributed by atoms with Crippen molar-refractivity contribution in [1.29, 1.82) is 0 Å². The molecule has 2 amide bonds. The molecule has 1 N–H and O–H groups in total. The normalized spacial score (nSPS) is 14.5. The predicted octanol–water partition coefficient (Wildman–Crippen LogP) is 4.72. The highest BCUT2D eigenvalue weighted by Gasteiger charge is 2.28. The molecular weight excluding hydrogens is 350 g/mol. The molecule has 0 radical (unpaired) electrons. The van der Waals surface area contributed by atoms with Crippen LogP contribution in [0.3, 0.4) is 0 Å². The van der Waals surface area contributed by atoms with E-state index in [1.807, 2.05) is 60.7 Å². The molecule has 1 saturated heterocycles. The largest absolute Gasteiger partial charge is 0.327 e. The van der Waals surface area contributed by atoms with Gasteiger partial charge in [-0.25, -0.2) is 9.78 Å². The standard InChI is InChI=1S/C19H15N3OS2/c23-19-20-15(24)11-12-22(19)17-16(13-7-3-1-4-8-13)25-18(21-17)14-9-5-2-6-10-14/h1-10H,11-12H2,(H,20,23,24). The number of hydrogen-bond donors (Lipinski definition) is 1. The number of nitrogens with one attached hydrogen (secondary N) is 1. The smallest absolute Gasteiger partial charge is 0.302 e. The quantitative estimate of drug-likeness (QED) is 0.683. The molecule has 0 aliphatic carbocycles. The van der Waals surface area contributed by atoms with E-state index in [1.54, 1.807) is 16.2 Å². The van der Waals surface area contributed by atoms with E-state index < -0.39 is 0 Å². The molecule has 2 heterocycles. The Morgan fingerprint density at radius 2 is 1.64 bits per heavy atom. The van der Waals surface area contributed by atoms with E-state index in [2.05, 4.69) is 5.32 Å². The number of urea groups is 1. The summed E-state index contributed by atoms with van der Waals surface area (Å²) in [4.78, 5) is 20.5. The number of thiocarbonyl (C=S) groups is 1. The van der Waals surface area contributed by atoms with E-state index in [-0.39, 0.29) is 6.03 Å². The van der Waals surface area contributed by atoms with Crippen molar-refractivity contribution in [2.24, 2.45) is 0 Å². The van der Waals surface area contributed by atoms with Gasteiger partial charge in [0.05, 0.1) is 9.87 Å². The molecule has 1 aliphatic heterocycles. The number of carbonyl (C=O) groups is 1. The van der Waals surface area contributed by atoms with Gasteiger partial charge in [0.25, 0.3) is 0 Å². The SMILES string of the molecule is O=C1NC(=S)CCN1c1nc(-c2ccccc2)sc1-c1ccccc1. The highest BCUT2D eigenvalue weighted by atomic mass is 32.1. The molecule has 3 aromatic rings. The van der Waals surface area contributed by atoms with E-state index >= 15 is 0 Å². The second-order valence-electron chi connectivity index (χ2n) is 5.66. The van der Waals surface area contributed by atoms with Crippen molar-refractivity contribution in [2.75, 3.05) is 11.4 Å². The fourth-order valence-corrected chi connectivity index (χ4v) is 4.00. The van der Waals surface area contributed by atoms with Crippen LogP contribution < -0.4 is 10.2 Å². The first kappa shape index (κ1) is 15.9. The zero-order chi connectivity index (χ0) is 17.2. The highest BCUT2D eigenvalue weighted by molar-refractivity contribution is 7.80. The Morgan fingerprint density at radius 1 is 1.00 bits per heavy atom. The topological polar surface area (TPSA) is 45.2 Å². The number of aromatic nitrogens is 1. The third-order valence-corrected chi connectivity index (χ3v) is 5.42. The van der Waals surface area contributed by atoms with Gasteiger partial charge in [0.15, 0.2) is 5.82 Å². The minimum atomic E-state index is -0.210. The molecule has 0 bridgehead atoms.